The van der Waals surface area contributed by atoms with Crippen LogP contribution >= 0.6 is 0 Å². The van der Waals surface area contributed by atoms with Crippen LogP contribution in [0.25, 0.3) is 0 Å². The molecule has 0 unspecified atom stereocenters. The molecule has 1 heterocycles. The molecule has 0 radical (unpaired) electrons. The SMILES string of the molecule is CNCC(=O)N(C)CCN1CCOCC1. The monoisotopic (exact) mass is 215 g/mol. The molecule has 0 aliphatic carbocycles. The molecule has 1 aliphatic rings. The average Bonchev–Trinajstić information content (AvgIpc) is 2.27. The molecule has 0 spiro atoms. The number of amides is 1. The predicted molar refractivity (Wildman–Crippen MR) is 58.8 cm³/mol. The lowest BCUT2D eigenvalue weighted by Gasteiger charge is -2.28. The van der Waals surface area contributed by atoms with Gasteiger partial charge in [0.25, 0.3) is 0 Å². The zero-order chi connectivity index (χ0) is 11.1. The molecule has 0 aromatic heterocycles. The fourth-order valence-electron chi connectivity index (χ4n) is 1.53. The van der Waals surface area contributed by atoms with Gasteiger partial charge in [0.2, 0.25) is 5.91 Å². The maximum atomic E-state index is 11.4. The fourth-order valence-corrected chi connectivity index (χ4v) is 1.53. The van der Waals surface area contributed by atoms with Crippen molar-refractivity contribution in [2.24, 2.45) is 0 Å². The molecule has 1 saturated heterocycles. The molecule has 1 rings (SSSR count). The molecule has 0 aromatic carbocycles. The van der Waals surface area contributed by atoms with Crippen LogP contribution in [0.4, 0.5) is 0 Å². The van der Waals surface area contributed by atoms with Gasteiger partial charge in [-0.05, 0) is 7.05 Å². The van der Waals surface area contributed by atoms with E-state index in [4.69, 9.17) is 4.74 Å². The maximum Gasteiger partial charge on any atom is 0.236 e. The van der Waals surface area contributed by atoms with Crippen molar-refractivity contribution >= 4 is 5.91 Å². The molecule has 1 amide bonds. The van der Waals surface area contributed by atoms with Crippen LogP contribution in [0.3, 0.4) is 0 Å². The van der Waals surface area contributed by atoms with Crippen molar-refractivity contribution < 1.29 is 9.53 Å². The van der Waals surface area contributed by atoms with E-state index in [-0.39, 0.29) is 5.91 Å². The van der Waals surface area contributed by atoms with Gasteiger partial charge in [0.15, 0.2) is 0 Å². The highest BCUT2D eigenvalue weighted by molar-refractivity contribution is 5.77. The quantitative estimate of drug-likeness (QED) is 0.639. The van der Waals surface area contributed by atoms with Gasteiger partial charge >= 0.3 is 0 Å². The molecule has 88 valence electrons. The minimum atomic E-state index is 0.144. The van der Waals surface area contributed by atoms with Crippen LogP contribution in [0, 0.1) is 0 Å². The number of carbonyl (C=O) groups excluding carboxylic acids is 1. The van der Waals surface area contributed by atoms with Gasteiger partial charge in [-0.25, -0.2) is 0 Å². The van der Waals surface area contributed by atoms with E-state index in [0.717, 1.165) is 39.4 Å². The van der Waals surface area contributed by atoms with Crippen molar-refractivity contribution in [1.29, 1.82) is 0 Å². The van der Waals surface area contributed by atoms with Crippen LogP contribution < -0.4 is 5.32 Å². The Balaban J connectivity index is 2.14. The number of ether oxygens (including phenoxy) is 1. The van der Waals surface area contributed by atoms with Crippen LogP contribution in [0.2, 0.25) is 0 Å². The second kappa shape index (κ2) is 6.76. The van der Waals surface area contributed by atoms with E-state index in [2.05, 4.69) is 10.2 Å². The summed E-state index contributed by atoms with van der Waals surface area (Å²) in [6.07, 6.45) is 0. The van der Waals surface area contributed by atoms with Gasteiger partial charge in [-0.3, -0.25) is 9.69 Å². The van der Waals surface area contributed by atoms with E-state index in [1.807, 2.05) is 7.05 Å². The van der Waals surface area contributed by atoms with Crippen LogP contribution in [-0.2, 0) is 9.53 Å². The third-order valence-corrected chi connectivity index (χ3v) is 2.61. The number of carbonyl (C=O) groups is 1. The number of hydrogen-bond donors (Lipinski definition) is 1. The van der Waals surface area contributed by atoms with Crippen molar-refractivity contribution in [2.45, 2.75) is 0 Å². The molecule has 15 heavy (non-hydrogen) atoms. The molecule has 1 N–H and O–H groups in total. The normalized spacial score (nSPS) is 17.7. The average molecular weight is 215 g/mol. The van der Waals surface area contributed by atoms with Crippen molar-refractivity contribution in [1.82, 2.24) is 15.1 Å². The van der Waals surface area contributed by atoms with Crippen molar-refractivity contribution in [3.8, 4) is 0 Å². The van der Waals surface area contributed by atoms with Gasteiger partial charge in [0.1, 0.15) is 0 Å². The number of hydrogen-bond acceptors (Lipinski definition) is 4. The van der Waals surface area contributed by atoms with E-state index >= 15 is 0 Å². The highest BCUT2D eigenvalue weighted by atomic mass is 16.5. The summed E-state index contributed by atoms with van der Waals surface area (Å²) in [5, 5.41) is 2.86. The largest absolute Gasteiger partial charge is 0.379 e. The van der Waals surface area contributed by atoms with Gasteiger partial charge < -0.3 is 15.0 Å². The molecule has 0 bridgehead atoms. The fraction of sp³-hybridized carbons (Fsp3) is 0.900. The van der Waals surface area contributed by atoms with E-state index < -0.39 is 0 Å². The zero-order valence-electron chi connectivity index (χ0n) is 9.66. The standard InChI is InChI=1S/C10H21N3O2/c1-11-9-10(14)12(2)3-4-13-5-7-15-8-6-13/h11H,3-9H2,1-2H3. The summed E-state index contributed by atoms with van der Waals surface area (Å²) in [5.74, 6) is 0.144. The predicted octanol–water partition coefficient (Wildman–Crippen LogP) is -1.00. The third kappa shape index (κ3) is 4.59. The number of rotatable bonds is 5. The second-order valence-corrected chi connectivity index (χ2v) is 3.80. The van der Waals surface area contributed by atoms with Crippen LogP contribution in [0.5, 0.6) is 0 Å². The smallest absolute Gasteiger partial charge is 0.236 e. The van der Waals surface area contributed by atoms with Crippen LogP contribution in [0.1, 0.15) is 0 Å². The molecule has 0 atom stereocenters. The van der Waals surface area contributed by atoms with E-state index in [9.17, 15) is 4.79 Å². The van der Waals surface area contributed by atoms with Gasteiger partial charge in [-0.2, -0.15) is 0 Å². The number of morpholine rings is 1. The second-order valence-electron chi connectivity index (χ2n) is 3.80. The summed E-state index contributed by atoms with van der Waals surface area (Å²) in [7, 11) is 3.63. The Hall–Kier alpha value is -0.650. The van der Waals surface area contributed by atoms with Crippen molar-refractivity contribution in [3.63, 3.8) is 0 Å². The number of likely N-dealkylation sites (N-methyl/N-ethyl adjacent to an activating group) is 2. The Bertz CT molecular complexity index is 193. The number of nitrogens with zero attached hydrogens (tertiary/aromatic N) is 2. The Morgan fingerprint density at radius 3 is 2.73 bits per heavy atom. The molecular formula is C10H21N3O2. The molecule has 5 heteroatoms. The first kappa shape index (κ1) is 12.4. The van der Waals surface area contributed by atoms with E-state index in [0.29, 0.717) is 6.54 Å². The van der Waals surface area contributed by atoms with Gasteiger partial charge in [0, 0.05) is 33.2 Å². The molecule has 5 nitrogen and oxygen atoms in total. The summed E-state index contributed by atoms with van der Waals surface area (Å²) >= 11 is 0. The Morgan fingerprint density at radius 2 is 2.13 bits per heavy atom. The minimum Gasteiger partial charge on any atom is -0.379 e. The molecule has 1 fully saturated rings. The third-order valence-electron chi connectivity index (χ3n) is 2.61. The molecule has 0 saturated carbocycles. The summed E-state index contributed by atoms with van der Waals surface area (Å²) in [5.41, 5.74) is 0. The molecule has 1 aliphatic heterocycles. The maximum absolute atomic E-state index is 11.4. The minimum absolute atomic E-state index is 0.144. The van der Waals surface area contributed by atoms with Crippen LogP contribution in [-0.4, -0.2) is 75.7 Å². The van der Waals surface area contributed by atoms with E-state index in [1.54, 1.807) is 11.9 Å². The molecular weight excluding hydrogens is 194 g/mol. The lowest BCUT2D eigenvalue weighted by atomic mass is 10.4. The topological polar surface area (TPSA) is 44.8 Å². The first-order valence-electron chi connectivity index (χ1n) is 5.42. The van der Waals surface area contributed by atoms with Crippen LogP contribution in [0.15, 0.2) is 0 Å². The zero-order valence-corrected chi connectivity index (χ0v) is 9.66. The highest BCUT2D eigenvalue weighted by Crippen LogP contribution is 1.96. The molecule has 0 aromatic rings. The first-order valence-corrected chi connectivity index (χ1v) is 5.42. The lowest BCUT2D eigenvalue weighted by Crippen LogP contribution is -2.43. The van der Waals surface area contributed by atoms with Gasteiger partial charge in [0.05, 0.1) is 19.8 Å². The van der Waals surface area contributed by atoms with Crippen molar-refractivity contribution in [2.75, 3.05) is 60.0 Å². The lowest BCUT2D eigenvalue weighted by molar-refractivity contribution is -0.129. The Kier molecular flexibility index (Phi) is 5.60. The number of nitrogens with one attached hydrogen (secondary N) is 1. The summed E-state index contributed by atoms with van der Waals surface area (Å²) in [4.78, 5) is 15.5. The van der Waals surface area contributed by atoms with Crippen molar-refractivity contribution in [3.05, 3.63) is 0 Å². The summed E-state index contributed by atoms with van der Waals surface area (Å²) in [6, 6.07) is 0. The summed E-state index contributed by atoms with van der Waals surface area (Å²) < 4.78 is 5.26. The Labute approximate surface area is 91.4 Å². The first-order chi connectivity index (χ1) is 7.24. The van der Waals surface area contributed by atoms with E-state index in [1.165, 1.54) is 0 Å². The van der Waals surface area contributed by atoms with Gasteiger partial charge in [-0.15, -0.1) is 0 Å². The summed E-state index contributed by atoms with van der Waals surface area (Å²) in [6.45, 7) is 5.74. The Morgan fingerprint density at radius 1 is 1.47 bits per heavy atom. The van der Waals surface area contributed by atoms with Gasteiger partial charge in [-0.1, -0.05) is 0 Å². The highest BCUT2D eigenvalue weighted by Gasteiger charge is 2.12.